The minimum absolute atomic E-state index is 0.464. The van der Waals surface area contributed by atoms with Gasteiger partial charge < -0.3 is 4.74 Å². The summed E-state index contributed by atoms with van der Waals surface area (Å²) in [7, 11) is 0. The molecule has 0 N–H and O–H groups in total. The van der Waals surface area contributed by atoms with E-state index in [9.17, 15) is 4.39 Å². The van der Waals surface area contributed by atoms with Crippen LogP contribution in [0.1, 0.15) is 19.4 Å². The average Bonchev–Trinajstić information content (AvgIpc) is 2.15. The van der Waals surface area contributed by atoms with Crippen molar-refractivity contribution < 1.29 is 9.13 Å². The van der Waals surface area contributed by atoms with Crippen LogP contribution in [0.25, 0.3) is 0 Å². The van der Waals surface area contributed by atoms with Gasteiger partial charge >= 0.3 is 0 Å². The van der Waals surface area contributed by atoms with E-state index in [0.29, 0.717) is 23.8 Å². The van der Waals surface area contributed by atoms with E-state index in [0.717, 1.165) is 0 Å². The molecule has 0 aliphatic heterocycles. The lowest BCUT2D eigenvalue weighted by molar-refractivity contribution is 0.265. The molecule has 1 rings (SSSR count). The summed E-state index contributed by atoms with van der Waals surface area (Å²) in [4.78, 5) is 0. The highest BCUT2D eigenvalue weighted by molar-refractivity contribution is 5.32. The Kier molecular flexibility index (Phi) is 3.74. The minimum atomic E-state index is -0.464. The van der Waals surface area contributed by atoms with Gasteiger partial charge in [0.05, 0.1) is 6.61 Å². The summed E-state index contributed by atoms with van der Waals surface area (Å²) >= 11 is 0. The smallest absolute Gasteiger partial charge is 0.125 e. The molecule has 1 aromatic carbocycles. The van der Waals surface area contributed by atoms with E-state index in [1.54, 1.807) is 12.1 Å². The zero-order valence-corrected chi connectivity index (χ0v) is 8.09. The third-order valence-corrected chi connectivity index (χ3v) is 1.69. The molecule has 0 unspecified atom stereocenters. The first-order valence-corrected chi connectivity index (χ1v) is 4.50. The lowest BCUT2D eigenvalue weighted by Gasteiger charge is -2.10. The van der Waals surface area contributed by atoms with Gasteiger partial charge in [-0.2, -0.15) is 0 Å². The minimum Gasteiger partial charge on any atom is -0.493 e. The van der Waals surface area contributed by atoms with Crippen molar-refractivity contribution in [2.24, 2.45) is 5.92 Å². The Morgan fingerprint density at radius 1 is 1.31 bits per heavy atom. The number of hydrogen-bond acceptors (Lipinski definition) is 1. The Morgan fingerprint density at radius 2 is 2.00 bits per heavy atom. The molecular formula is C11H15FO. The maximum Gasteiger partial charge on any atom is 0.125 e. The number of ether oxygens (including phenoxy) is 1. The monoisotopic (exact) mass is 182 g/mol. The van der Waals surface area contributed by atoms with Crippen molar-refractivity contribution in [2.45, 2.75) is 20.5 Å². The second kappa shape index (κ2) is 4.85. The Labute approximate surface area is 78.5 Å². The fourth-order valence-electron chi connectivity index (χ4n) is 1.01. The highest BCUT2D eigenvalue weighted by atomic mass is 19.1. The summed E-state index contributed by atoms with van der Waals surface area (Å²) in [6.07, 6.45) is 0. The van der Waals surface area contributed by atoms with E-state index in [4.69, 9.17) is 4.74 Å². The van der Waals surface area contributed by atoms with E-state index in [2.05, 4.69) is 13.8 Å². The average molecular weight is 182 g/mol. The predicted molar refractivity (Wildman–Crippen MR) is 51.6 cm³/mol. The van der Waals surface area contributed by atoms with Crippen LogP contribution in [0.3, 0.4) is 0 Å². The summed E-state index contributed by atoms with van der Waals surface area (Å²) in [5.41, 5.74) is 0.628. The van der Waals surface area contributed by atoms with Crippen LogP contribution < -0.4 is 4.74 Å². The third-order valence-electron chi connectivity index (χ3n) is 1.69. The second-order valence-electron chi connectivity index (χ2n) is 3.45. The van der Waals surface area contributed by atoms with Gasteiger partial charge in [0.2, 0.25) is 0 Å². The van der Waals surface area contributed by atoms with Crippen LogP contribution in [0.4, 0.5) is 4.39 Å². The Bertz CT molecular complexity index is 258. The van der Waals surface area contributed by atoms with Crippen molar-refractivity contribution in [3.8, 4) is 5.75 Å². The lowest BCUT2D eigenvalue weighted by atomic mass is 10.2. The SMILES string of the molecule is CC(C)COc1ccccc1CF. The largest absolute Gasteiger partial charge is 0.493 e. The lowest BCUT2D eigenvalue weighted by Crippen LogP contribution is -2.05. The molecule has 0 saturated heterocycles. The van der Waals surface area contributed by atoms with E-state index in [1.807, 2.05) is 12.1 Å². The highest BCUT2D eigenvalue weighted by Crippen LogP contribution is 2.19. The molecule has 0 saturated carbocycles. The van der Waals surface area contributed by atoms with Crippen molar-refractivity contribution in [3.63, 3.8) is 0 Å². The predicted octanol–water partition coefficient (Wildman–Crippen LogP) is 3.19. The van der Waals surface area contributed by atoms with Crippen molar-refractivity contribution in [1.29, 1.82) is 0 Å². The first-order chi connectivity index (χ1) is 6.24. The van der Waals surface area contributed by atoms with Gasteiger partial charge in [0.25, 0.3) is 0 Å². The van der Waals surface area contributed by atoms with Crippen LogP contribution in [0, 0.1) is 5.92 Å². The topological polar surface area (TPSA) is 9.23 Å². The molecule has 13 heavy (non-hydrogen) atoms. The van der Waals surface area contributed by atoms with Crippen molar-refractivity contribution in [1.82, 2.24) is 0 Å². The molecule has 1 nitrogen and oxygen atoms in total. The molecule has 0 aromatic heterocycles. The Hall–Kier alpha value is -1.05. The van der Waals surface area contributed by atoms with Gasteiger partial charge in [0, 0.05) is 5.56 Å². The van der Waals surface area contributed by atoms with Crippen LogP contribution >= 0.6 is 0 Å². The molecule has 0 spiro atoms. The molecule has 0 fully saturated rings. The third kappa shape index (κ3) is 3.05. The number of benzene rings is 1. The maximum absolute atomic E-state index is 12.4. The zero-order valence-electron chi connectivity index (χ0n) is 8.09. The van der Waals surface area contributed by atoms with Crippen molar-refractivity contribution >= 4 is 0 Å². The normalized spacial score (nSPS) is 10.5. The van der Waals surface area contributed by atoms with E-state index < -0.39 is 6.67 Å². The summed E-state index contributed by atoms with van der Waals surface area (Å²) in [5.74, 6) is 1.13. The first kappa shape index (κ1) is 10.0. The van der Waals surface area contributed by atoms with Crippen LogP contribution in [0.2, 0.25) is 0 Å². The van der Waals surface area contributed by atoms with Crippen LogP contribution in [-0.4, -0.2) is 6.61 Å². The first-order valence-electron chi connectivity index (χ1n) is 4.50. The Balaban J connectivity index is 2.64. The molecule has 0 aliphatic rings. The summed E-state index contributed by atoms with van der Waals surface area (Å²) in [6, 6.07) is 7.22. The summed E-state index contributed by atoms with van der Waals surface area (Å²) in [5, 5.41) is 0. The van der Waals surface area contributed by atoms with Gasteiger partial charge in [-0.1, -0.05) is 32.0 Å². The number of rotatable bonds is 4. The molecule has 72 valence electrons. The van der Waals surface area contributed by atoms with Crippen molar-refractivity contribution in [2.75, 3.05) is 6.61 Å². The number of halogens is 1. The fraction of sp³-hybridized carbons (Fsp3) is 0.455. The standard InChI is InChI=1S/C11H15FO/c1-9(2)8-13-11-6-4-3-5-10(11)7-12/h3-6,9H,7-8H2,1-2H3. The zero-order chi connectivity index (χ0) is 9.68. The Morgan fingerprint density at radius 3 is 2.62 bits per heavy atom. The van der Waals surface area contributed by atoms with Gasteiger partial charge in [-0.25, -0.2) is 4.39 Å². The molecule has 0 amide bonds. The van der Waals surface area contributed by atoms with Gasteiger partial charge in [0.15, 0.2) is 0 Å². The number of para-hydroxylation sites is 1. The van der Waals surface area contributed by atoms with Crippen LogP contribution in [-0.2, 0) is 6.67 Å². The molecule has 1 aromatic rings. The maximum atomic E-state index is 12.4. The molecule has 0 atom stereocenters. The van der Waals surface area contributed by atoms with E-state index in [1.165, 1.54) is 0 Å². The molecule has 0 heterocycles. The van der Waals surface area contributed by atoms with Gasteiger partial charge in [0.1, 0.15) is 12.4 Å². The van der Waals surface area contributed by atoms with Gasteiger partial charge in [-0.15, -0.1) is 0 Å². The number of hydrogen-bond donors (Lipinski definition) is 0. The van der Waals surface area contributed by atoms with E-state index >= 15 is 0 Å². The summed E-state index contributed by atoms with van der Waals surface area (Å²) in [6.45, 7) is 4.31. The molecule has 0 aliphatic carbocycles. The van der Waals surface area contributed by atoms with Crippen molar-refractivity contribution in [3.05, 3.63) is 29.8 Å². The van der Waals surface area contributed by atoms with Crippen LogP contribution in [0.15, 0.2) is 24.3 Å². The molecular weight excluding hydrogens is 167 g/mol. The quantitative estimate of drug-likeness (QED) is 0.694. The van der Waals surface area contributed by atoms with Gasteiger partial charge in [-0.05, 0) is 12.0 Å². The van der Waals surface area contributed by atoms with Gasteiger partial charge in [-0.3, -0.25) is 0 Å². The number of alkyl halides is 1. The van der Waals surface area contributed by atoms with Crippen LogP contribution in [0.5, 0.6) is 5.75 Å². The molecule has 0 radical (unpaired) electrons. The highest BCUT2D eigenvalue weighted by Gasteiger charge is 2.02. The van der Waals surface area contributed by atoms with E-state index in [-0.39, 0.29) is 0 Å². The molecule has 0 bridgehead atoms. The summed E-state index contributed by atoms with van der Waals surface area (Å²) < 4.78 is 17.9. The molecule has 2 heteroatoms. The second-order valence-corrected chi connectivity index (χ2v) is 3.45. The fourth-order valence-corrected chi connectivity index (χ4v) is 1.01.